The molecule has 1 fully saturated rings. The molecule has 1 saturated heterocycles. The van der Waals surface area contributed by atoms with Gasteiger partial charge in [-0.2, -0.15) is 0 Å². The standard InChI is InChI=1S/C19H30N4O/c1-5-22-18-9-7-6-8-17(18)21-19(22)16(4)20-12-14(2)23-10-11-24-13-15(23)3/h6-9,14-16,20H,5,10-13H2,1-4H3/t14-,15-,16+/m1/s1. The first-order valence-corrected chi connectivity index (χ1v) is 9.13. The van der Waals surface area contributed by atoms with Crippen LogP contribution in [-0.2, 0) is 11.3 Å². The highest BCUT2D eigenvalue weighted by molar-refractivity contribution is 5.76. The molecule has 132 valence electrons. The molecule has 24 heavy (non-hydrogen) atoms. The van der Waals surface area contributed by atoms with Crippen molar-refractivity contribution in [2.45, 2.75) is 52.4 Å². The van der Waals surface area contributed by atoms with Crippen molar-refractivity contribution in [3.63, 3.8) is 0 Å². The van der Waals surface area contributed by atoms with Gasteiger partial charge in [0.05, 0.1) is 30.3 Å². The maximum atomic E-state index is 5.55. The fraction of sp³-hybridized carbons (Fsp3) is 0.632. The van der Waals surface area contributed by atoms with Crippen molar-refractivity contribution in [3.05, 3.63) is 30.1 Å². The van der Waals surface area contributed by atoms with E-state index in [9.17, 15) is 0 Å². The highest BCUT2D eigenvalue weighted by Gasteiger charge is 2.24. The van der Waals surface area contributed by atoms with E-state index >= 15 is 0 Å². The summed E-state index contributed by atoms with van der Waals surface area (Å²) in [7, 11) is 0. The van der Waals surface area contributed by atoms with Gasteiger partial charge in [-0.3, -0.25) is 4.90 Å². The molecule has 3 rings (SSSR count). The number of ether oxygens (including phenoxy) is 1. The molecule has 0 spiro atoms. The van der Waals surface area contributed by atoms with Gasteiger partial charge >= 0.3 is 0 Å². The number of benzene rings is 1. The fourth-order valence-corrected chi connectivity index (χ4v) is 3.71. The Balaban J connectivity index is 1.67. The van der Waals surface area contributed by atoms with Crippen LogP contribution in [0.4, 0.5) is 0 Å². The minimum Gasteiger partial charge on any atom is -0.379 e. The normalized spacial score (nSPS) is 21.9. The van der Waals surface area contributed by atoms with Crippen molar-refractivity contribution in [3.8, 4) is 0 Å². The molecule has 0 aliphatic carbocycles. The van der Waals surface area contributed by atoms with Crippen molar-refractivity contribution in [1.29, 1.82) is 0 Å². The molecule has 0 unspecified atom stereocenters. The summed E-state index contributed by atoms with van der Waals surface area (Å²) in [6.07, 6.45) is 0. The summed E-state index contributed by atoms with van der Waals surface area (Å²) in [6.45, 7) is 13.5. The predicted octanol–water partition coefficient (Wildman–Crippen LogP) is 2.82. The van der Waals surface area contributed by atoms with Gasteiger partial charge in [0, 0.05) is 31.7 Å². The topological polar surface area (TPSA) is 42.3 Å². The predicted molar refractivity (Wildman–Crippen MR) is 98.3 cm³/mol. The SMILES string of the molecule is CCn1c([C@H](C)NC[C@@H](C)N2CCOC[C@H]2C)nc2ccccc21. The van der Waals surface area contributed by atoms with Crippen LogP contribution in [-0.4, -0.2) is 52.8 Å². The molecular formula is C19H30N4O. The number of morpholine rings is 1. The second kappa shape index (κ2) is 7.64. The summed E-state index contributed by atoms with van der Waals surface area (Å²) < 4.78 is 7.86. The lowest BCUT2D eigenvalue weighted by Gasteiger charge is -2.38. The third-order valence-corrected chi connectivity index (χ3v) is 5.09. The van der Waals surface area contributed by atoms with Crippen LogP contribution in [0.15, 0.2) is 24.3 Å². The quantitative estimate of drug-likeness (QED) is 0.884. The molecule has 5 heteroatoms. The monoisotopic (exact) mass is 330 g/mol. The van der Waals surface area contributed by atoms with Gasteiger partial charge in [-0.1, -0.05) is 12.1 Å². The number of hydrogen-bond donors (Lipinski definition) is 1. The van der Waals surface area contributed by atoms with Gasteiger partial charge in [0.25, 0.3) is 0 Å². The Morgan fingerprint density at radius 2 is 2.12 bits per heavy atom. The van der Waals surface area contributed by atoms with Gasteiger partial charge in [0.2, 0.25) is 0 Å². The van der Waals surface area contributed by atoms with Gasteiger partial charge in [-0.15, -0.1) is 0 Å². The van der Waals surface area contributed by atoms with Crippen LogP contribution in [0.2, 0.25) is 0 Å². The molecule has 0 radical (unpaired) electrons. The average molecular weight is 330 g/mol. The number of nitrogens with zero attached hydrogens (tertiary/aromatic N) is 3. The lowest BCUT2D eigenvalue weighted by Crippen LogP contribution is -2.51. The summed E-state index contributed by atoms with van der Waals surface area (Å²) in [6, 6.07) is 9.60. The van der Waals surface area contributed by atoms with E-state index in [1.165, 1.54) is 5.52 Å². The second-order valence-electron chi connectivity index (χ2n) is 6.84. The molecule has 0 bridgehead atoms. The van der Waals surface area contributed by atoms with E-state index in [1.54, 1.807) is 0 Å². The zero-order valence-corrected chi connectivity index (χ0v) is 15.3. The van der Waals surface area contributed by atoms with Crippen molar-refractivity contribution < 1.29 is 4.74 Å². The third-order valence-electron chi connectivity index (χ3n) is 5.09. The van der Waals surface area contributed by atoms with E-state index in [2.05, 4.69) is 66.7 Å². The van der Waals surface area contributed by atoms with Crippen molar-refractivity contribution in [2.75, 3.05) is 26.3 Å². The maximum Gasteiger partial charge on any atom is 0.126 e. The summed E-state index contributed by atoms with van der Waals surface area (Å²) in [4.78, 5) is 7.39. The summed E-state index contributed by atoms with van der Waals surface area (Å²) in [5.41, 5.74) is 2.30. The molecule has 1 aromatic carbocycles. The van der Waals surface area contributed by atoms with Crippen LogP contribution in [0.1, 0.15) is 39.6 Å². The Morgan fingerprint density at radius 1 is 1.33 bits per heavy atom. The van der Waals surface area contributed by atoms with Gasteiger partial charge in [-0.05, 0) is 39.8 Å². The molecule has 1 aliphatic heterocycles. The van der Waals surface area contributed by atoms with Crippen LogP contribution < -0.4 is 5.32 Å². The molecule has 2 aromatic rings. The first-order chi connectivity index (χ1) is 11.6. The first kappa shape index (κ1) is 17.4. The van der Waals surface area contributed by atoms with E-state index in [4.69, 9.17) is 9.72 Å². The molecule has 1 aromatic heterocycles. The van der Waals surface area contributed by atoms with E-state index in [1.807, 2.05) is 0 Å². The third kappa shape index (κ3) is 3.48. The summed E-state index contributed by atoms with van der Waals surface area (Å²) in [5, 5.41) is 3.69. The zero-order chi connectivity index (χ0) is 17.1. The Morgan fingerprint density at radius 3 is 2.88 bits per heavy atom. The lowest BCUT2D eigenvalue weighted by molar-refractivity contribution is -0.0185. The van der Waals surface area contributed by atoms with Gasteiger partial charge in [0.15, 0.2) is 0 Å². The Kier molecular flexibility index (Phi) is 5.54. The summed E-state index contributed by atoms with van der Waals surface area (Å²) >= 11 is 0. The van der Waals surface area contributed by atoms with Crippen LogP contribution >= 0.6 is 0 Å². The highest BCUT2D eigenvalue weighted by atomic mass is 16.5. The molecule has 2 heterocycles. The number of imidazole rings is 1. The van der Waals surface area contributed by atoms with Crippen LogP contribution in [0, 0.1) is 0 Å². The Labute approximate surface area is 145 Å². The van der Waals surface area contributed by atoms with E-state index in [0.717, 1.165) is 44.2 Å². The lowest BCUT2D eigenvalue weighted by atomic mass is 10.1. The molecule has 0 saturated carbocycles. The number of hydrogen-bond acceptors (Lipinski definition) is 4. The van der Waals surface area contributed by atoms with Crippen LogP contribution in [0.3, 0.4) is 0 Å². The van der Waals surface area contributed by atoms with Gasteiger partial charge in [0.1, 0.15) is 5.82 Å². The first-order valence-electron chi connectivity index (χ1n) is 9.13. The highest BCUT2D eigenvalue weighted by Crippen LogP contribution is 2.21. The summed E-state index contributed by atoms with van der Waals surface area (Å²) in [5.74, 6) is 1.13. The van der Waals surface area contributed by atoms with Crippen LogP contribution in [0.5, 0.6) is 0 Å². The minimum atomic E-state index is 0.233. The van der Waals surface area contributed by atoms with Crippen molar-refractivity contribution in [2.24, 2.45) is 0 Å². The van der Waals surface area contributed by atoms with Gasteiger partial charge < -0.3 is 14.6 Å². The number of aryl methyl sites for hydroxylation is 1. The Hall–Kier alpha value is -1.43. The molecule has 1 aliphatic rings. The van der Waals surface area contributed by atoms with Crippen molar-refractivity contribution in [1.82, 2.24) is 19.8 Å². The zero-order valence-electron chi connectivity index (χ0n) is 15.3. The largest absolute Gasteiger partial charge is 0.379 e. The number of para-hydroxylation sites is 2. The van der Waals surface area contributed by atoms with Gasteiger partial charge in [-0.25, -0.2) is 4.98 Å². The Bertz CT molecular complexity index is 668. The number of rotatable bonds is 6. The number of aromatic nitrogens is 2. The average Bonchev–Trinajstić information content (AvgIpc) is 2.98. The van der Waals surface area contributed by atoms with Crippen molar-refractivity contribution >= 4 is 11.0 Å². The number of nitrogens with one attached hydrogen (secondary N) is 1. The number of fused-ring (bicyclic) bond motifs is 1. The minimum absolute atomic E-state index is 0.233. The molecule has 0 amide bonds. The molecule has 5 nitrogen and oxygen atoms in total. The second-order valence-corrected chi connectivity index (χ2v) is 6.84. The fourth-order valence-electron chi connectivity index (χ4n) is 3.71. The van der Waals surface area contributed by atoms with Crippen LogP contribution in [0.25, 0.3) is 11.0 Å². The van der Waals surface area contributed by atoms with E-state index in [0.29, 0.717) is 12.1 Å². The molecular weight excluding hydrogens is 300 g/mol. The smallest absolute Gasteiger partial charge is 0.126 e. The van der Waals surface area contributed by atoms with E-state index < -0.39 is 0 Å². The molecule has 1 N–H and O–H groups in total. The maximum absolute atomic E-state index is 5.55. The molecule has 3 atom stereocenters. The van der Waals surface area contributed by atoms with E-state index in [-0.39, 0.29) is 6.04 Å².